The van der Waals surface area contributed by atoms with Crippen LogP contribution in [0, 0.1) is 5.82 Å². The van der Waals surface area contributed by atoms with Crippen molar-refractivity contribution in [1.82, 2.24) is 5.32 Å². The minimum absolute atomic E-state index is 0.0230. The monoisotopic (exact) mass is 279 g/mol. The number of rotatable bonds is 4. The standard InChI is InChI=1S/C19H18FN/c1-14(17-10-4-5-12-19(17)20)21-13-16-9-6-8-15-7-2-3-11-18(15)16/h2-12,14,21H,13H2,1H3/t14-/m1/s1. The highest BCUT2D eigenvalue weighted by molar-refractivity contribution is 5.85. The zero-order chi connectivity index (χ0) is 14.7. The molecule has 21 heavy (non-hydrogen) atoms. The molecule has 0 amide bonds. The molecule has 3 aromatic rings. The van der Waals surface area contributed by atoms with E-state index in [1.807, 2.05) is 31.2 Å². The van der Waals surface area contributed by atoms with Crippen LogP contribution in [0.25, 0.3) is 10.8 Å². The van der Waals surface area contributed by atoms with Gasteiger partial charge >= 0.3 is 0 Å². The summed E-state index contributed by atoms with van der Waals surface area (Å²) < 4.78 is 13.8. The molecule has 0 heterocycles. The Labute approximate surface area is 124 Å². The maximum atomic E-state index is 13.8. The van der Waals surface area contributed by atoms with Crippen LogP contribution in [-0.4, -0.2) is 0 Å². The summed E-state index contributed by atoms with van der Waals surface area (Å²) in [6.07, 6.45) is 0. The summed E-state index contributed by atoms with van der Waals surface area (Å²) >= 11 is 0. The molecule has 0 unspecified atom stereocenters. The quantitative estimate of drug-likeness (QED) is 0.721. The van der Waals surface area contributed by atoms with Gasteiger partial charge in [0.05, 0.1) is 0 Å². The van der Waals surface area contributed by atoms with Gasteiger partial charge in [0.25, 0.3) is 0 Å². The Morgan fingerprint density at radius 1 is 0.905 bits per heavy atom. The average Bonchev–Trinajstić information content (AvgIpc) is 2.53. The molecule has 0 aliphatic carbocycles. The van der Waals surface area contributed by atoms with Crippen LogP contribution < -0.4 is 5.32 Å². The summed E-state index contributed by atoms with van der Waals surface area (Å²) in [7, 11) is 0. The summed E-state index contributed by atoms with van der Waals surface area (Å²) in [5.41, 5.74) is 1.94. The highest BCUT2D eigenvalue weighted by Gasteiger charge is 2.10. The molecule has 0 aliphatic rings. The van der Waals surface area contributed by atoms with E-state index in [1.54, 1.807) is 6.07 Å². The van der Waals surface area contributed by atoms with Crippen molar-refractivity contribution in [3.63, 3.8) is 0 Å². The minimum Gasteiger partial charge on any atom is -0.306 e. The SMILES string of the molecule is C[C@@H](NCc1cccc2ccccc12)c1ccccc1F. The second-order valence-electron chi connectivity index (χ2n) is 5.26. The lowest BCUT2D eigenvalue weighted by atomic mass is 10.0. The van der Waals surface area contributed by atoms with E-state index in [2.05, 4.69) is 35.6 Å². The zero-order valence-corrected chi connectivity index (χ0v) is 12.0. The van der Waals surface area contributed by atoms with Gasteiger partial charge in [0, 0.05) is 18.2 Å². The molecule has 3 rings (SSSR count). The largest absolute Gasteiger partial charge is 0.306 e. The summed E-state index contributed by atoms with van der Waals surface area (Å²) in [6, 6.07) is 21.5. The molecule has 1 N–H and O–H groups in total. The third-order valence-corrected chi connectivity index (χ3v) is 3.85. The number of hydrogen-bond acceptors (Lipinski definition) is 1. The zero-order valence-electron chi connectivity index (χ0n) is 12.0. The van der Waals surface area contributed by atoms with E-state index in [1.165, 1.54) is 22.4 Å². The maximum Gasteiger partial charge on any atom is 0.127 e. The molecule has 0 fully saturated rings. The third kappa shape index (κ3) is 2.96. The van der Waals surface area contributed by atoms with E-state index in [-0.39, 0.29) is 11.9 Å². The first kappa shape index (κ1) is 13.8. The van der Waals surface area contributed by atoms with Crippen molar-refractivity contribution in [1.29, 1.82) is 0 Å². The highest BCUT2D eigenvalue weighted by Crippen LogP contribution is 2.20. The number of halogens is 1. The van der Waals surface area contributed by atoms with E-state index < -0.39 is 0 Å². The van der Waals surface area contributed by atoms with Crippen molar-refractivity contribution in [2.45, 2.75) is 19.5 Å². The molecule has 0 bridgehead atoms. The number of nitrogens with one attached hydrogen (secondary N) is 1. The fourth-order valence-corrected chi connectivity index (χ4v) is 2.65. The molecule has 106 valence electrons. The predicted molar refractivity (Wildman–Crippen MR) is 85.6 cm³/mol. The van der Waals surface area contributed by atoms with E-state index in [0.717, 1.165) is 6.54 Å². The molecule has 0 saturated carbocycles. The van der Waals surface area contributed by atoms with Crippen molar-refractivity contribution >= 4 is 10.8 Å². The predicted octanol–water partition coefficient (Wildman–Crippen LogP) is 4.83. The van der Waals surface area contributed by atoms with Crippen LogP contribution in [0.3, 0.4) is 0 Å². The summed E-state index contributed by atoms with van der Waals surface area (Å²) in [5, 5.41) is 5.88. The third-order valence-electron chi connectivity index (χ3n) is 3.85. The molecule has 1 nitrogen and oxygen atoms in total. The molecule has 0 spiro atoms. The van der Waals surface area contributed by atoms with Gasteiger partial charge in [0.15, 0.2) is 0 Å². The van der Waals surface area contributed by atoms with Crippen LogP contribution in [0.2, 0.25) is 0 Å². The second kappa shape index (κ2) is 6.06. The fraction of sp³-hybridized carbons (Fsp3) is 0.158. The lowest BCUT2D eigenvalue weighted by Gasteiger charge is -2.16. The molecule has 3 aromatic carbocycles. The van der Waals surface area contributed by atoms with Crippen molar-refractivity contribution in [3.05, 3.63) is 83.7 Å². The maximum absolute atomic E-state index is 13.8. The van der Waals surface area contributed by atoms with E-state index >= 15 is 0 Å². The topological polar surface area (TPSA) is 12.0 Å². The van der Waals surface area contributed by atoms with Gasteiger partial charge in [-0.3, -0.25) is 0 Å². The number of benzene rings is 3. The summed E-state index contributed by atoms with van der Waals surface area (Å²) in [4.78, 5) is 0. The Morgan fingerprint density at radius 3 is 2.48 bits per heavy atom. The van der Waals surface area contributed by atoms with Gasteiger partial charge in [0.1, 0.15) is 5.82 Å². The second-order valence-corrected chi connectivity index (χ2v) is 5.26. The Bertz CT molecular complexity index is 746. The Hall–Kier alpha value is -2.19. The van der Waals surface area contributed by atoms with Gasteiger partial charge in [0.2, 0.25) is 0 Å². The Morgan fingerprint density at radius 2 is 1.62 bits per heavy atom. The molecular formula is C19H18FN. The Kier molecular flexibility index (Phi) is 3.98. The molecule has 0 saturated heterocycles. The lowest BCUT2D eigenvalue weighted by molar-refractivity contribution is 0.529. The average molecular weight is 279 g/mol. The smallest absolute Gasteiger partial charge is 0.127 e. The highest BCUT2D eigenvalue weighted by atomic mass is 19.1. The first-order valence-corrected chi connectivity index (χ1v) is 7.20. The lowest BCUT2D eigenvalue weighted by Crippen LogP contribution is -2.19. The van der Waals surface area contributed by atoms with Gasteiger partial charge in [-0.15, -0.1) is 0 Å². The van der Waals surface area contributed by atoms with Crippen molar-refractivity contribution in [2.75, 3.05) is 0 Å². The first-order chi connectivity index (χ1) is 10.3. The van der Waals surface area contributed by atoms with E-state index in [4.69, 9.17) is 0 Å². The molecule has 0 radical (unpaired) electrons. The Balaban J connectivity index is 1.79. The normalized spacial score (nSPS) is 12.5. The number of fused-ring (bicyclic) bond motifs is 1. The van der Waals surface area contributed by atoms with Crippen molar-refractivity contribution in [3.8, 4) is 0 Å². The van der Waals surface area contributed by atoms with Crippen LogP contribution >= 0.6 is 0 Å². The number of hydrogen-bond donors (Lipinski definition) is 1. The van der Waals surface area contributed by atoms with Crippen LogP contribution in [-0.2, 0) is 6.54 Å². The van der Waals surface area contributed by atoms with Crippen molar-refractivity contribution < 1.29 is 4.39 Å². The van der Waals surface area contributed by atoms with Gasteiger partial charge in [-0.1, -0.05) is 60.7 Å². The van der Waals surface area contributed by atoms with Crippen LogP contribution in [0.1, 0.15) is 24.1 Å². The first-order valence-electron chi connectivity index (χ1n) is 7.20. The van der Waals surface area contributed by atoms with Crippen molar-refractivity contribution in [2.24, 2.45) is 0 Å². The molecule has 2 heteroatoms. The minimum atomic E-state index is -0.157. The van der Waals surface area contributed by atoms with Gasteiger partial charge in [-0.05, 0) is 29.3 Å². The molecule has 0 aliphatic heterocycles. The van der Waals surface area contributed by atoms with Crippen LogP contribution in [0.5, 0.6) is 0 Å². The van der Waals surface area contributed by atoms with E-state index in [9.17, 15) is 4.39 Å². The summed E-state index contributed by atoms with van der Waals surface area (Å²) in [5.74, 6) is -0.157. The summed E-state index contributed by atoms with van der Waals surface area (Å²) in [6.45, 7) is 2.71. The van der Waals surface area contributed by atoms with Crippen LogP contribution in [0.15, 0.2) is 66.7 Å². The van der Waals surface area contributed by atoms with Crippen LogP contribution in [0.4, 0.5) is 4.39 Å². The molecule has 0 aromatic heterocycles. The van der Waals surface area contributed by atoms with E-state index in [0.29, 0.717) is 5.56 Å². The molecule has 1 atom stereocenters. The fourth-order valence-electron chi connectivity index (χ4n) is 2.65. The molecular weight excluding hydrogens is 261 g/mol. The van der Waals surface area contributed by atoms with Gasteiger partial charge in [-0.25, -0.2) is 4.39 Å². The van der Waals surface area contributed by atoms with Gasteiger partial charge < -0.3 is 5.32 Å². The van der Waals surface area contributed by atoms with Gasteiger partial charge in [-0.2, -0.15) is 0 Å².